The molecule has 0 aliphatic carbocycles. The Balaban J connectivity index is 1.51. The first-order valence-electron chi connectivity index (χ1n) is 11.5. The fraction of sp³-hybridized carbons (Fsp3) is 0.346. The number of amides is 1. The van der Waals surface area contributed by atoms with Crippen LogP contribution in [0.4, 0.5) is 0 Å². The van der Waals surface area contributed by atoms with Crippen molar-refractivity contribution in [3.63, 3.8) is 0 Å². The summed E-state index contributed by atoms with van der Waals surface area (Å²) in [7, 11) is -2.17. The van der Waals surface area contributed by atoms with Crippen molar-refractivity contribution in [1.82, 2.24) is 13.9 Å². The number of hydrogen-bond acceptors (Lipinski definition) is 5. The van der Waals surface area contributed by atoms with Crippen LogP contribution < -0.4 is 10.1 Å². The summed E-state index contributed by atoms with van der Waals surface area (Å²) < 4.78 is 40.2. The number of methoxy groups -OCH3 is 1. The van der Waals surface area contributed by atoms with Gasteiger partial charge >= 0.3 is 0 Å². The Labute approximate surface area is 207 Å². The average molecular weight is 498 g/mol. The third kappa shape index (κ3) is 5.27. The molecule has 2 fully saturated rings. The lowest BCUT2D eigenvalue weighted by Crippen LogP contribution is -2.54. The van der Waals surface area contributed by atoms with Gasteiger partial charge in [-0.15, -0.1) is 0 Å². The van der Waals surface area contributed by atoms with E-state index in [4.69, 9.17) is 9.47 Å². The van der Waals surface area contributed by atoms with Crippen LogP contribution in [0.5, 0.6) is 5.75 Å². The highest BCUT2D eigenvalue weighted by molar-refractivity contribution is 7.86. The summed E-state index contributed by atoms with van der Waals surface area (Å²) in [6.07, 6.45) is 1.13. The molecular weight excluding hydrogens is 466 g/mol. The lowest BCUT2D eigenvalue weighted by Gasteiger charge is -2.43. The van der Waals surface area contributed by atoms with Crippen LogP contribution in [0.1, 0.15) is 28.8 Å². The molecule has 0 saturated carbocycles. The molecule has 35 heavy (non-hydrogen) atoms. The van der Waals surface area contributed by atoms with Gasteiger partial charge in [-0.2, -0.15) is 17.0 Å². The van der Waals surface area contributed by atoms with Crippen molar-refractivity contribution in [3.8, 4) is 5.75 Å². The topological polar surface area (TPSA) is 88.2 Å². The van der Waals surface area contributed by atoms with E-state index < -0.39 is 15.6 Å². The van der Waals surface area contributed by atoms with Crippen LogP contribution in [-0.4, -0.2) is 62.8 Å². The minimum atomic E-state index is -3.71. The maximum Gasteiger partial charge on any atom is 0.282 e. The molecule has 1 amide bonds. The van der Waals surface area contributed by atoms with Crippen LogP contribution in [0.25, 0.3) is 0 Å². The molecule has 0 radical (unpaired) electrons. The maximum atomic E-state index is 13.3. The molecule has 0 bridgehead atoms. The number of ether oxygens (including phenoxy) is 2. The second-order valence-electron chi connectivity index (χ2n) is 8.88. The van der Waals surface area contributed by atoms with Crippen molar-refractivity contribution in [2.24, 2.45) is 0 Å². The van der Waals surface area contributed by atoms with Crippen LogP contribution in [0.2, 0.25) is 0 Å². The number of piperidine rings is 1. The van der Waals surface area contributed by atoms with Crippen LogP contribution in [0.15, 0.2) is 79.3 Å². The largest absolute Gasteiger partial charge is 0.496 e. The molecule has 186 valence electrons. The first-order chi connectivity index (χ1) is 16.7. The number of para-hydroxylation sites is 1. The Kier molecular flexibility index (Phi) is 7.30. The molecule has 4 rings (SSSR count). The smallest absolute Gasteiger partial charge is 0.282 e. The summed E-state index contributed by atoms with van der Waals surface area (Å²) in [6.45, 7) is 8.78. The molecule has 0 spiro atoms. The second-order valence-corrected chi connectivity index (χ2v) is 10.8. The van der Waals surface area contributed by atoms with Crippen LogP contribution >= 0.6 is 0 Å². The fourth-order valence-corrected chi connectivity index (χ4v) is 6.31. The fourth-order valence-electron chi connectivity index (χ4n) is 4.73. The average Bonchev–Trinajstić information content (AvgIpc) is 2.87. The van der Waals surface area contributed by atoms with Crippen molar-refractivity contribution in [3.05, 3.63) is 90.4 Å². The summed E-state index contributed by atoms with van der Waals surface area (Å²) >= 11 is 0. The zero-order valence-electron chi connectivity index (χ0n) is 19.9. The van der Waals surface area contributed by atoms with E-state index in [-0.39, 0.29) is 19.0 Å². The number of carbonyl (C=O) groups excluding carboxylic acids is 1. The highest BCUT2D eigenvalue weighted by atomic mass is 32.2. The van der Waals surface area contributed by atoms with Gasteiger partial charge in [0, 0.05) is 25.0 Å². The Morgan fingerprint density at radius 3 is 2.23 bits per heavy atom. The third-order valence-corrected chi connectivity index (χ3v) is 8.58. The van der Waals surface area contributed by atoms with Crippen LogP contribution in [0.3, 0.4) is 0 Å². The minimum Gasteiger partial charge on any atom is -0.496 e. The van der Waals surface area contributed by atoms with Gasteiger partial charge in [0.1, 0.15) is 17.3 Å². The van der Waals surface area contributed by atoms with Crippen molar-refractivity contribution in [2.75, 3.05) is 39.8 Å². The van der Waals surface area contributed by atoms with Crippen molar-refractivity contribution < 1.29 is 22.7 Å². The second kappa shape index (κ2) is 10.2. The van der Waals surface area contributed by atoms with Gasteiger partial charge in [-0.1, -0.05) is 55.6 Å². The molecule has 0 unspecified atom stereocenters. The summed E-state index contributed by atoms with van der Waals surface area (Å²) in [5, 5.41) is 3.07. The predicted octanol–water partition coefficient (Wildman–Crippen LogP) is 3.06. The molecule has 2 aliphatic heterocycles. The molecule has 2 aromatic carbocycles. The molecular formula is C26H31N3O5S. The Morgan fingerprint density at radius 2 is 1.60 bits per heavy atom. The number of morpholine rings is 1. The van der Waals surface area contributed by atoms with Crippen LogP contribution in [0, 0.1) is 0 Å². The van der Waals surface area contributed by atoms with Crippen LogP contribution in [-0.2, 0) is 20.4 Å². The van der Waals surface area contributed by atoms with Crippen molar-refractivity contribution >= 4 is 16.1 Å². The monoisotopic (exact) mass is 497 g/mol. The SMILES string of the molecule is C=C1CN(S(=O)(=O)N2CCC(CNC(=O)c3ccccc3OC)(c3ccccc3)CC2)CC(=C)O1. The molecule has 2 aromatic rings. The molecule has 0 atom stereocenters. The van der Waals surface area contributed by atoms with Gasteiger partial charge in [-0.05, 0) is 30.5 Å². The lowest BCUT2D eigenvalue weighted by atomic mass is 9.73. The molecule has 1 N–H and O–H groups in total. The lowest BCUT2D eigenvalue weighted by molar-refractivity contribution is 0.0929. The van der Waals surface area contributed by atoms with Gasteiger partial charge in [0.2, 0.25) is 0 Å². The summed E-state index contributed by atoms with van der Waals surface area (Å²) in [5.74, 6) is 1.01. The van der Waals surface area contributed by atoms with Gasteiger partial charge in [0.05, 0.1) is 25.8 Å². The van der Waals surface area contributed by atoms with Gasteiger partial charge in [-0.3, -0.25) is 4.79 Å². The summed E-state index contributed by atoms with van der Waals surface area (Å²) in [6, 6.07) is 17.0. The highest BCUT2D eigenvalue weighted by Crippen LogP contribution is 2.37. The zero-order chi connectivity index (χ0) is 25.1. The number of nitrogens with one attached hydrogen (secondary N) is 1. The molecule has 9 heteroatoms. The Bertz CT molecular complexity index is 1190. The quantitative estimate of drug-likeness (QED) is 0.635. The molecule has 2 saturated heterocycles. The predicted molar refractivity (Wildman–Crippen MR) is 134 cm³/mol. The van der Waals surface area contributed by atoms with E-state index in [1.807, 2.05) is 36.4 Å². The van der Waals surface area contributed by atoms with E-state index >= 15 is 0 Å². The Hall–Kier alpha value is -3.14. The molecule has 2 heterocycles. The molecule has 2 aliphatic rings. The highest BCUT2D eigenvalue weighted by Gasteiger charge is 2.42. The first-order valence-corrected chi connectivity index (χ1v) is 12.9. The number of carbonyl (C=O) groups is 1. The molecule has 0 aromatic heterocycles. The zero-order valence-corrected chi connectivity index (χ0v) is 20.7. The van der Waals surface area contributed by atoms with E-state index in [1.54, 1.807) is 18.2 Å². The maximum absolute atomic E-state index is 13.3. The van der Waals surface area contributed by atoms with Crippen molar-refractivity contribution in [1.29, 1.82) is 0 Å². The molecule has 8 nitrogen and oxygen atoms in total. The standard InChI is InChI=1S/C26H31N3O5S/c1-20-17-29(18-21(2)34-20)35(31,32)28-15-13-26(14-16-28,22-9-5-4-6-10-22)19-27-25(30)23-11-7-8-12-24(23)33-3/h4-12H,1-2,13-19H2,3H3,(H,27,30). The number of hydrogen-bond donors (Lipinski definition) is 1. The van der Waals surface area contributed by atoms with Gasteiger partial charge in [0.15, 0.2) is 0 Å². The van der Waals surface area contributed by atoms with Crippen molar-refractivity contribution in [2.45, 2.75) is 18.3 Å². The van der Waals surface area contributed by atoms with E-state index in [0.717, 1.165) is 5.56 Å². The van der Waals surface area contributed by atoms with Gasteiger partial charge < -0.3 is 14.8 Å². The first kappa shape index (κ1) is 25.0. The Morgan fingerprint density at radius 1 is 1.00 bits per heavy atom. The summed E-state index contributed by atoms with van der Waals surface area (Å²) in [4.78, 5) is 13.0. The number of benzene rings is 2. The number of rotatable bonds is 7. The minimum absolute atomic E-state index is 0.108. The van der Waals surface area contributed by atoms with Gasteiger partial charge in [0.25, 0.3) is 16.1 Å². The van der Waals surface area contributed by atoms with E-state index in [0.29, 0.717) is 55.3 Å². The van der Waals surface area contributed by atoms with E-state index in [1.165, 1.54) is 15.7 Å². The van der Waals surface area contributed by atoms with E-state index in [2.05, 4.69) is 18.5 Å². The number of nitrogens with zero attached hydrogens (tertiary/aromatic N) is 2. The third-order valence-electron chi connectivity index (χ3n) is 6.65. The normalized spacial score (nSPS) is 19.1. The summed E-state index contributed by atoms with van der Waals surface area (Å²) in [5.41, 5.74) is 1.14. The van der Waals surface area contributed by atoms with Gasteiger partial charge in [-0.25, -0.2) is 0 Å². The van der Waals surface area contributed by atoms with E-state index in [9.17, 15) is 13.2 Å².